The van der Waals surface area contributed by atoms with Gasteiger partial charge in [-0.1, -0.05) is 24.3 Å². The van der Waals surface area contributed by atoms with Crippen molar-refractivity contribution in [1.82, 2.24) is 14.5 Å². The summed E-state index contributed by atoms with van der Waals surface area (Å²) in [6.07, 6.45) is 5.41. The monoisotopic (exact) mass is 323 g/mol. The Morgan fingerprint density at radius 2 is 2.12 bits per heavy atom. The highest BCUT2D eigenvalue weighted by Crippen LogP contribution is 2.55. The number of amides is 1. The minimum absolute atomic E-state index is 0.103. The van der Waals surface area contributed by atoms with Crippen LogP contribution in [0.1, 0.15) is 31.4 Å². The largest absolute Gasteiger partial charge is 0.392 e. The van der Waals surface area contributed by atoms with Gasteiger partial charge in [0, 0.05) is 36.9 Å². The number of hydrogen-bond acceptors (Lipinski definition) is 3. The number of nitrogens with zero attached hydrogens (tertiary/aromatic N) is 3. The second kappa shape index (κ2) is 4.70. The highest BCUT2D eigenvalue weighted by molar-refractivity contribution is 5.74. The summed E-state index contributed by atoms with van der Waals surface area (Å²) in [7, 11) is 0. The van der Waals surface area contributed by atoms with Gasteiger partial charge in [0.2, 0.25) is 5.91 Å². The number of benzene rings is 1. The molecule has 1 unspecified atom stereocenters. The van der Waals surface area contributed by atoms with Gasteiger partial charge in [-0.15, -0.1) is 0 Å². The molecule has 5 nitrogen and oxygen atoms in total. The van der Waals surface area contributed by atoms with E-state index in [-0.39, 0.29) is 29.4 Å². The first-order chi connectivity index (χ1) is 11.6. The Bertz CT molecular complexity index is 822. The van der Waals surface area contributed by atoms with Gasteiger partial charge in [0.25, 0.3) is 0 Å². The zero-order chi connectivity index (χ0) is 16.5. The van der Waals surface area contributed by atoms with Crippen LogP contribution >= 0.6 is 0 Å². The van der Waals surface area contributed by atoms with E-state index in [1.165, 1.54) is 11.1 Å². The van der Waals surface area contributed by atoms with Crippen molar-refractivity contribution in [1.29, 1.82) is 0 Å². The molecular formula is C19H21N3O2. The van der Waals surface area contributed by atoms with Crippen LogP contribution in [-0.2, 0) is 4.79 Å². The number of aliphatic hydroxyl groups excluding tert-OH is 1. The number of imidazole rings is 1. The maximum atomic E-state index is 11.5. The second-order valence-corrected chi connectivity index (χ2v) is 7.60. The maximum absolute atomic E-state index is 11.5. The predicted octanol–water partition coefficient (Wildman–Crippen LogP) is 2.07. The highest BCUT2D eigenvalue weighted by atomic mass is 16.3. The summed E-state index contributed by atoms with van der Waals surface area (Å²) in [4.78, 5) is 17.7. The van der Waals surface area contributed by atoms with Crippen LogP contribution < -0.4 is 0 Å². The van der Waals surface area contributed by atoms with E-state index in [0.717, 1.165) is 18.5 Å². The van der Waals surface area contributed by atoms with Crippen LogP contribution in [0, 0.1) is 11.3 Å². The molecule has 1 N–H and O–H groups in total. The molecule has 1 saturated carbocycles. The van der Waals surface area contributed by atoms with Gasteiger partial charge in [-0.25, -0.2) is 4.98 Å². The van der Waals surface area contributed by atoms with Crippen LogP contribution in [0.3, 0.4) is 0 Å². The van der Waals surface area contributed by atoms with Gasteiger partial charge < -0.3 is 14.6 Å². The highest BCUT2D eigenvalue weighted by Gasteiger charge is 2.58. The molecule has 1 amide bonds. The smallest absolute Gasteiger partial charge is 0.219 e. The molecule has 0 radical (unpaired) electrons. The van der Waals surface area contributed by atoms with Crippen LogP contribution in [0.4, 0.5) is 0 Å². The molecule has 124 valence electrons. The van der Waals surface area contributed by atoms with Crippen LogP contribution in [0.2, 0.25) is 0 Å². The minimum Gasteiger partial charge on any atom is -0.392 e. The summed E-state index contributed by atoms with van der Waals surface area (Å²) in [5, 5.41) is 11.1. The fraction of sp³-hybridized carbons (Fsp3) is 0.474. The molecule has 5 rings (SSSR count). The lowest BCUT2D eigenvalue weighted by Crippen LogP contribution is -2.62. The average molecular weight is 323 g/mol. The van der Waals surface area contributed by atoms with E-state index in [9.17, 15) is 9.90 Å². The Kier molecular flexibility index (Phi) is 2.78. The van der Waals surface area contributed by atoms with Crippen molar-refractivity contribution in [3.8, 4) is 11.3 Å². The van der Waals surface area contributed by atoms with Crippen molar-refractivity contribution in [2.45, 2.75) is 31.9 Å². The topological polar surface area (TPSA) is 58.4 Å². The number of likely N-dealkylation sites (tertiary alicyclic amines) is 1. The summed E-state index contributed by atoms with van der Waals surface area (Å²) in [5.41, 5.74) is 3.56. The van der Waals surface area contributed by atoms with Gasteiger partial charge >= 0.3 is 0 Å². The average Bonchev–Trinajstić information content (AvgIpc) is 3.18. The number of carbonyl (C=O) groups is 1. The molecule has 1 spiro atoms. The van der Waals surface area contributed by atoms with E-state index < -0.39 is 0 Å². The van der Waals surface area contributed by atoms with Gasteiger partial charge in [-0.2, -0.15) is 0 Å². The summed E-state index contributed by atoms with van der Waals surface area (Å²) in [5.74, 6) is 0.287. The van der Waals surface area contributed by atoms with Crippen molar-refractivity contribution in [2.24, 2.45) is 11.3 Å². The van der Waals surface area contributed by atoms with Crippen LogP contribution in [0.25, 0.3) is 11.3 Å². The summed E-state index contributed by atoms with van der Waals surface area (Å²) in [6, 6.07) is 8.60. The van der Waals surface area contributed by atoms with Crippen LogP contribution in [0.15, 0.2) is 36.8 Å². The SMILES string of the molecule is CC(=O)N1CC2(CC[C@H](C3c4ccccc4-c4cncn43)[C@H]2O)C1. The van der Waals surface area contributed by atoms with Crippen LogP contribution in [0.5, 0.6) is 0 Å². The van der Waals surface area contributed by atoms with Gasteiger partial charge in [-0.05, 0) is 18.4 Å². The fourth-order valence-corrected chi connectivity index (χ4v) is 5.14. The predicted molar refractivity (Wildman–Crippen MR) is 89.2 cm³/mol. The third kappa shape index (κ3) is 1.68. The van der Waals surface area contributed by atoms with Gasteiger partial charge in [0.15, 0.2) is 0 Å². The van der Waals surface area contributed by atoms with Crippen molar-refractivity contribution < 1.29 is 9.90 Å². The molecule has 24 heavy (non-hydrogen) atoms. The van der Waals surface area contributed by atoms with Gasteiger partial charge in [0.05, 0.1) is 30.4 Å². The zero-order valence-corrected chi connectivity index (χ0v) is 13.7. The van der Waals surface area contributed by atoms with Gasteiger partial charge in [-0.3, -0.25) is 4.79 Å². The zero-order valence-electron chi connectivity index (χ0n) is 13.7. The van der Waals surface area contributed by atoms with E-state index in [1.54, 1.807) is 6.92 Å². The Balaban J connectivity index is 1.49. The summed E-state index contributed by atoms with van der Waals surface area (Å²) < 4.78 is 2.22. The van der Waals surface area contributed by atoms with Crippen molar-refractivity contribution >= 4 is 5.91 Å². The lowest BCUT2D eigenvalue weighted by molar-refractivity contribution is -0.149. The first-order valence-electron chi connectivity index (χ1n) is 8.65. The molecular weight excluding hydrogens is 302 g/mol. The van der Waals surface area contributed by atoms with E-state index in [0.29, 0.717) is 13.1 Å². The molecule has 5 heteroatoms. The standard InChI is InChI=1S/C19H21N3O2/c1-12(23)21-9-19(10-21)7-6-15(18(19)24)17-14-5-3-2-4-13(14)16-8-20-11-22(16)17/h2-5,8,11,15,17-18,24H,6-7,9-10H2,1H3/t15-,17?,18-/m1/s1. The van der Waals surface area contributed by atoms with E-state index in [1.807, 2.05) is 17.4 Å². The van der Waals surface area contributed by atoms with E-state index >= 15 is 0 Å². The Labute approximate surface area is 140 Å². The molecule has 2 aliphatic heterocycles. The molecule has 2 aromatic rings. The summed E-state index contributed by atoms with van der Waals surface area (Å²) >= 11 is 0. The first-order valence-corrected chi connectivity index (χ1v) is 8.65. The molecule has 3 atom stereocenters. The molecule has 1 aromatic carbocycles. The van der Waals surface area contributed by atoms with Crippen LogP contribution in [-0.4, -0.2) is 44.7 Å². The third-order valence-corrected chi connectivity index (χ3v) is 6.39. The lowest BCUT2D eigenvalue weighted by atomic mass is 9.74. The molecule has 1 aromatic heterocycles. The quantitative estimate of drug-likeness (QED) is 0.874. The Hall–Kier alpha value is -2.14. The molecule has 3 aliphatic rings. The number of aliphatic hydroxyl groups is 1. The molecule has 1 saturated heterocycles. The maximum Gasteiger partial charge on any atom is 0.219 e. The molecule has 1 aliphatic carbocycles. The van der Waals surface area contributed by atoms with Crippen molar-refractivity contribution in [3.05, 3.63) is 42.4 Å². The minimum atomic E-state index is -0.375. The number of carbonyl (C=O) groups excluding carboxylic acids is 1. The Morgan fingerprint density at radius 3 is 2.92 bits per heavy atom. The lowest BCUT2D eigenvalue weighted by Gasteiger charge is -2.50. The number of hydrogen-bond donors (Lipinski definition) is 1. The number of rotatable bonds is 1. The normalized spacial score (nSPS) is 29.4. The number of fused-ring (bicyclic) bond motifs is 3. The Morgan fingerprint density at radius 1 is 1.33 bits per heavy atom. The fourth-order valence-electron chi connectivity index (χ4n) is 5.14. The van der Waals surface area contributed by atoms with Gasteiger partial charge in [0.1, 0.15) is 0 Å². The first kappa shape index (κ1) is 14.2. The summed E-state index contributed by atoms with van der Waals surface area (Å²) in [6.45, 7) is 3.01. The van der Waals surface area contributed by atoms with Crippen molar-refractivity contribution in [3.63, 3.8) is 0 Å². The van der Waals surface area contributed by atoms with Crippen molar-refractivity contribution in [2.75, 3.05) is 13.1 Å². The van der Waals surface area contributed by atoms with E-state index in [4.69, 9.17) is 0 Å². The molecule has 0 bridgehead atoms. The molecule has 3 heterocycles. The van der Waals surface area contributed by atoms with E-state index in [2.05, 4.69) is 33.8 Å². The number of aromatic nitrogens is 2. The molecule has 2 fully saturated rings. The third-order valence-electron chi connectivity index (χ3n) is 6.39. The second-order valence-electron chi connectivity index (χ2n) is 7.60.